The molecule has 0 aliphatic rings. The molecule has 15 heteroatoms. The van der Waals surface area contributed by atoms with Gasteiger partial charge in [-0.05, 0) is 25.8 Å². The SMILES string of the molecule is NCCCCC(NC(=O)C(CS)NC(=O)C(CC(N)=O)NC(=O)C(N)CC(=O)O)C(=O)O. The van der Waals surface area contributed by atoms with Crippen LogP contribution in [0.5, 0.6) is 0 Å². The van der Waals surface area contributed by atoms with E-state index < -0.39 is 72.6 Å². The average Bonchev–Trinajstić information content (AvgIpc) is 2.69. The maximum atomic E-state index is 12.5. The summed E-state index contributed by atoms with van der Waals surface area (Å²) in [7, 11) is 0. The molecule has 4 amide bonds. The van der Waals surface area contributed by atoms with Crippen molar-refractivity contribution in [3.05, 3.63) is 0 Å². The van der Waals surface area contributed by atoms with E-state index in [-0.39, 0.29) is 12.2 Å². The van der Waals surface area contributed by atoms with Gasteiger partial charge in [-0.15, -0.1) is 0 Å². The first kappa shape index (κ1) is 29.1. The zero-order valence-corrected chi connectivity index (χ0v) is 18.2. The van der Waals surface area contributed by atoms with E-state index in [4.69, 9.17) is 22.3 Å². The number of carbonyl (C=O) groups is 6. The summed E-state index contributed by atoms with van der Waals surface area (Å²) in [5.74, 6) is -6.69. The molecule has 0 aromatic heterocycles. The number of carboxylic acids is 2. The Balaban J connectivity index is 5.21. The van der Waals surface area contributed by atoms with Crippen LogP contribution in [0, 0.1) is 0 Å². The molecule has 0 bridgehead atoms. The standard InChI is InChI=1S/C17H30N6O8S/c18-4-2-1-3-9(17(30)31)21-16(29)11(7-32)23-15(28)10(6-12(20)24)22-14(27)8(19)5-13(25)26/h8-11,32H,1-7,18-19H2,(H2,20,24)(H,21,29)(H,22,27)(H,23,28)(H,25,26)(H,30,31). The molecule has 0 spiro atoms. The van der Waals surface area contributed by atoms with Crippen LogP contribution >= 0.6 is 12.6 Å². The second kappa shape index (κ2) is 15.0. The maximum Gasteiger partial charge on any atom is 0.326 e. The average molecular weight is 479 g/mol. The molecular weight excluding hydrogens is 448 g/mol. The topological polar surface area (TPSA) is 257 Å². The van der Waals surface area contributed by atoms with Gasteiger partial charge in [-0.2, -0.15) is 12.6 Å². The molecule has 0 radical (unpaired) electrons. The lowest BCUT2D eigenvalue weighted by atomic mass is 10.1. The molecule has 0 saturated heterocycles. The van der Waals surface area contributed by atoms with Crippen molar-refractivity contribution >= 4 is 48.2 Å². The molecule has 0 aliphatic carbocycles. The monoisotopic (exact) mass is 478 g/mol. The molecule has 182 valence electrons. The van der Waals surface area contributed by atoms with Crippen LogP contribution in [0.1, 0.15) is 32.1 Å². The number of carboxylic acid groups (broad SMARTS) is 2. The van der Waals surface area contributed by atoms with E-state index in [2.05, 4.69) is 28.6 Å². The Bertz CT molecular complexity index is 707. The number of amides is 4. The number of aliphatic carboxylic acids is 2. The zero-order valence-electron chi connectivity index (χ0n) is 17.3. The van der Waals surface area contributed by atoms with Crippen molar-refractivity contribution in [2.45, 2.75) is 56.3 Å². The van der Waals surface area contributed by atoms with Crippen LogP contribution < -0.4 is 33.2 Å². The summed E-state index contributed by atoms with van der Waals surface area (Å²) >= 11 is 3.96. The molecule has 0 saturated carbocycles. The van der Waals surface area contributed by atoms with Crippen molar-refractivity contribution < 1.29 is 39.0 Å². The van der Waals surface area contributed by atoms with Crippen molar-refractivity contribution in [1.82, 2.24) is 16.0 Å². The number of nitrogens with two attached hydrogens (primary N) is 3. The van der Waals surface area contributed by atoms with E-state index in [1.54, 1.807) is 0 Å². The Hall–Kier alpha value is -2.91. The number of nitrogens with one attached hydrogen (secondary N) is 3. The first-order valence-electron chi connectivity index (χ1n) is 9.63. The van der Waals surface area contributed by atoms with Crippen molar-refractivity contribution in [3.8, 4) is 0 Å². The van der Waals surface area contributed by atoms with E-state index in [1.165, 1.54) is 0 Å². The lowest BCUT2D eigenvalue weighted by molar-refractivity contribution is -0.142. The summed E-state index contributed by atoms with van der Waals surface area (Å²) in [5, 5.41) is 24.6. The number of hydrogen-bond donors (Lipinski definition) is 9. The highest BCUT2D eigenvalue weighted by atomic mass is 32.1. The summed E-state index contributed by atoms with van der Waals surface area (Å²) in [6.45, 7) is 0.360. The quantitative estimate of drug-likeness (QED) is 0.0773. The molecule has 4 unspecified atom stereocenters. The fraction of sp³-hybridized carbons (Fsp3) is 0.647. The van der Waals surface area contributed by atoms with Crippen LogP contribution in [0.2, 0.25) is 0 Å². The van der Waals surface area contributed by atoms with Gasteiger partial charge in [-0.3, -0.25) is 24.0 Å². The van der Waals surface area contributed by atoms with Crippen LogP contribution in [-0.4, -0.2) is 82.2 Å². The summed E-state index contributed by atoms with van der Waals surface area (Å²) < 4.78 is 0. The van der Waals surface area contributed by atoms with Gasteiger partial charge in [0.25, 0.3) is 0 Å². The van der Waals surface area contributed by atoms with E-state index in [9.17, 15) is 33.9 Å². The molecule has 14 nitrogen and oxygen atoms in total. The maximum absolute atomic E-state index is 12.5. The van der Waals surface area contributed by atoms with Crippen LogP contribution in [0.3, 0.4) is 0 Å². The Morgan fingerprint density at radius 2 is 1.34 bits per heavy atom. The van der Waals surface area contributed by atoms with Gasteiger partial charge in [0.1, 0.15) is 18.1 Å². The second-order valence-electron chi connectivity index (χ2n) is 6.86. The van der Waals surface area contributed by atoms with Gasteiger partial charge in [0, 0.05) is 5.75 Å². The van der Waals surface area contributed by atoms with Crippen LogP contribution in [0.4, 0.5) is 0 Å². The summed E-state index contributed by atoms with van der Waals surface area (Å²) in [6, 6.07) is -5.56. The van der Waals surface area contributed by atoms with E-state index >= 15 is 0 Å². The highest BCUT2D eigenvalue weighted by molar-refractivity contribution is 7.80. The van der Waals surface area contributed by atoms with Gasteiger partial charge >= 0.3 is 11.9 Å². The lowest BCUT2D eigenvalue weighted by Gasteiger charge is -2.23. The third kappa shape index (κ3) is 11.5. The Labute approximate surface area is 189 Å². The first-order valence-corrected chi connectivity index (χ1v) is 10.3. The Morgan fingerprint density at radius 1 is 0.812 bits per heavy atom. The van der Waals surface area contributed by atoms with Crippen LogP contribution in [0.25, 0.3) is 0 Å². The van der Waals surface area contributed by atoms with Gasteiger partial charge < -0.3 is 43.4 Å². The Kier molecular flexibility index (Phi) is 13.6. The summed E-state index contributed by atoms with van der Waals surface area (Å²) in [6.07, 6.45) is -0.249. The third-order valence-electron chi connectivity index (χ3n) is 4.15. The van der Waals surface area contributed by atoms with Crippen molar-refractivity contribution in [2.75, 3.05) is 12.3 Å². The first-order chi connectivity index (χ1) is 14.9. The van der Waals surface area contributed by atoms with Crippen LogP contribution in [0.15, 0.2) is 0 Å². The van der Waals surface area contributed by atoms with Gasteiger partial charge in [-0.25, -0.2) is 4.79 Å². The fourth-order valence-electron chi connectivity index (χ4n) is 2.46. The number of primary amides is 1. The number of rotatable bonds is 16. The van der Waals surface area contributed by atoms with Crippen LogP contribution in [-0.2, 0) is 28.8 Å². The number of carbonyl (C=O) groups excluding carboxylic acids is 4. The molecule has 0 heterocycles. The van der Waals surface area contributed by atoms with Gasteiger partial charge in [0.15, 0.2) is 0 Å². The second-order valence-corrected chi connectivity index (χ2v) is 7.23. The normalized spacial score (nSPS) is 14.3. The largest absolute Gasteiger partial charge is 0.481 e. The molecule has 0 fully saturated rings. The third-order valence-corrected chi connectivity index (χ3v) is 4.51. The minimum absolute atomic E-state index is 0.118. The molecule has 0 rings (SSSR count). The van der Waals surface area contributed by atoms with Gasteiger partial charge in [0.05, 0.1) is 18.9 Å². The van der Waals surface area contributed by atoms with E-state index in [1.807, 2.05) is 0 Å². The molecule has 0 aromatic rings. The number of unbranched alkanes of at least 4 members (excludes halogenated alkanes) is 1. The fourth-order valence-corrected chi connectivity index (χ4v) is 2.72. The van der Waals surface area contributed by atoms with Crippen molar-refractivity contribution in [3.63, 3.8) is 0 Å². The summed E-state index contributed by atoms with van der Waals surface area (Å²) in [5.41, 5.74) is 15.9. The Morgan fingerprint density at radius 3 is 1.81 bits per heavy atom. The highest BCUT2D eigenvalue weighted by Gasteiger charge is 2.30. The minimum Gasteiger partial charge on any atom is -0.481 e. The molecule has 4 atom stereocenters. The predicted octanol–water partition coefficient (Wildman–Crippen LogP) is -3.74. The minimum atomic E-state index is -1.55. The zero-order chi connectivity index (χ0) is 24.8. The lowest BCUT2D eigenvalue weighted by Crippen LogP contribution is -2.58. The molecule has 11 N–H and O–H groups in total. The summed E-state index contributed by atoms with van der Waals surface area (Å²) in [4.78, 5) is 70.3. The van der Waals surface area contributed by atoms with Crippen molar-refractivity contribution in [1.29, 1.82) is 0 Å². The molecule has 0 aliphatic heterocycles. The smallest absolute Gasteiger partial charge is 0.326 e. The van der Waals surface area contributed by atoms with Gasteiger partial charge in [0.2, 0.25) is 23.6 Å². The van der Waals surface area contributed by atoms with Gasteiger partial charge in [-0.1, -0.05) is 0 Å². The predicted molar refractivity (Wildman–Crippen MR) is 114 cm³/mol. The number of hydrogen-bond acceptors (Lipinski definition) is 9. The van der Waals surface area contributed by atoms with E-state index in [0.717, 1.165) is 0 Å². The molecule has 0 aromatic carbocycles. The van der Waals surface area contributed by atoms with Crippen molar-refractivity contribution in [2.24, 2.45) is 17.2 Å². The molecular formula is C17H30N6O8S. The van der Waals surface area contributed by atoms with E-state index in [0.29, 0.717) is 19.4 Å². The number of thiol groups is 1. The molecule has 32 heavy (non-hydrogen) atoms. The highest BCUT2D eigenvalue weighted by Crippen LogP contribution is 2.03.